The van der Waals surface area contributed by atoms with Crippen LogP contribution in [0.25, 0.3) is 0 Å². The fourth-order valence-corrected chi connectivity index (χ4v) is 0.632. The standard InChI is InChI=1S/C7H12N2O/c1-3-4-6(5-8)7(10)9-2/h5H,2-4,8H2,1H3/b6-5-. The molecule has 3 nitrogen and oxygen atoms in total. The van der Waals surface area contributed by atoms with Crippen molar-refractivity contribution in [2.24, 2.45) is 10.7 Å². The highest BCUT2D eigenvalue weighted by Crippen LogP contribution is 2.03. The van der Waals surface area contributed by atoms with Gasteiger partial charge in [0.1, 0.15) is 0 Å². The third-order valence-corrected chi connectivity index (χ3v) is 1.14. The van der Waals surface area contributed by atoms with Crippen LogP contribution in [0.1, 0.15) is 19.8 Å². The van der Waals surface area contributed by atoms with Crippen molar-refractivity contribution < 1.29 is 4.79 Å². The van der Waals surface area contributed by atoms with Crippen LogP contribution < -0.4 is 5.73 Å². The van der Waals surface area contributed by atoms with Crippen LogP contribution in [0, 0.1) is 0 Å². The first-order valence-electron chi connectivity index (χ1n) is 3.18. The molecule has 0 spiro atoms. The summed E-state index contributed by atoms with van der Waals surface area (Å²) in [5.74, 6) is -0.315. The molecule has 0 rings (SSSR count). The maximum atomic E-state index is 10.8. The predicted octanol–water partition coefficient (Wildman–Crippen LogP) is 0.856. The van der Waals surface area contributed by atoms with Crippen molar-refractivity contribution in [1.29, 1.82) is 0 Å². The third-order valence-electron chi connectivity index (χ3n) is 1.14. The topological polar surface area (TPSA) is 55.5 Å². The molecule has 0 unspecified atom stereocenters. The maximum absolute atomic E-state index is 10.8. The lowest BCUT2D eigenvalue weighted by molar-refractivity contribution is -0.114. The smallest absolute Gasteiger partial charge is 0.273 e. The van der Waals surface area contributed by atoms with Gasteiger partial charge < -0.3 is 5.73 Å². The normalized spacial score (nSPS) is 11.1. The molecule has 0 bridgehead atoms. The first-order valence-corrected chi connectivity index (χ1v) is 3.18. The summed E-state index contributed by atoms with van der Waals surface area (Å²) in [5, 5.41) is 0. The van der Waals surface area contributed by atoms with Crippen LogP contribution in [0.5, 0.6) is 0 Å². The number of carbonyl (C=O) groups is 1. The number of amides is 1. The van der Waals surface area contributed by atoms with Crippen molar-refractivity contribution in [2.75, 3.05) is 0 Å². The van der Waals surface area contributed by atoms with Crippen LogP contribution in [0.2, 0.25) is 0 Å². The minimum Gasteiger partial charge on any atom is -0.404 e. The van der Waals surface area contributed by atoms with Gasteiger partial charge in [0.25, 0.3) is 5.91 Å². The van der Waals surface area contributed by atoms with Crippen LogP contribution in [0.15, 0.2) is 16.8 Å². The molecule has 0 aromatic heterocycles. The number of nitrogens with zero attached hydrogens (tertiary/aromatic N) is 1. The van der Waals surface area contributed by atoms with Gasteiger partial charge >= 0.3 is 0 Å². The second-order valence-electron chi connectivity index (χ2n) is 1.91. The summed E-state index contributed by atoms with van der Waals surface area (Å²) in [6.07, 6.45) is 2.86. The lowest BCUT2D eigenvalue weighted by Gasteiger charge is -1.96. The van der Waals surface area contributed by atoms with Gasteiger partial charge in [-0.2, -0.15) is 0 Å². The molecule has 0 aromatic rings. The average molecular weight is 140 g/mol. The van der Waals surface area contributed by atoms with Crippen molar-refractivity contribution in [3.8, 4) is 0 Å². The quantitative estimate of drug-likeness (QED) is 0.467. The van der Waals surface area contributed by atoms with E-state index in [-0.39, 0.29) is 5.91 Å². The molecule has 0 saturated carbocycles. The Hall–Kier alpha value is -1.12. The third kappa shape index (κ3) is 2.44. The van der Waals surface area contributed by atoms with E-state index in [0.717, 1.165) is 6.42 Å². The van der Waals surface area contributed by atoms with E-state index in [2.05, 4.69) is 11.7 Å². The van der Waals surface area contributed by atoms with Crippen LogP contribution in [-0.2, 0) is 4.79 Å². The Kier molecular flexibility index (Phi) is 4.20. The Morgan fingerprint density at radius 2 is 2.40 bits per heavy atom. The minimum absolute atomic E-state index is 0.315. The summed E-state index contributed by atoms with van der Waals surface area (Å²) in [7, 11) is 0. The Labute approximate surface area is 60.6 Å². The average Bonchev–Trinajstić information content (AvgIpc) is 1.99. The molecular formula is C7H12N2O. The molecule has 0 heterocycles. The Balaban J connectivity index is 4.08. The number of nitrogens with two attached hydrogens (primary N) is 1. The van der Waals surface area contributed by atoms with Crippen molar-refractivity contribution in [3.05, 3.63) is 11.8 Å². The first-order chi connectivity index (χ1) is 4.76. The van der Waals surface area contributed by atoms with E-state index in [0.29, 0.717) is 12.0 Å². The number of hydrogen-bond donors (Lipinski definition) is 1. The lowest BCUT2D eigenvalue weighted by atomic mass is 10.1. The van der Waals surface area contributed by atoms with Gasteiger partial charge in [0.15, 0.2) is 0 Å². The number of hydrogen-bond acceptors (Lipinski definition) is 2. The number of carbonyl (C=O) groups excluding carboxylic acids is 1. The number of aliphatic imine (C=N–C) groups is 1. The van der Waals surface area contributed by atoms with Crippen LogP contribution in [0.4, 0.5) is 0 Å². The SMILES string of the molecule is C=NC(=O)/C(=C\N)CCC. The predicted molar refractivity (Wildman–Crippen MR) is 41.7 cm³/mol. The van der Waals surface area contributed by atoms with E-state index >= 15 is 0 Å². The largest absolute Gasteiger partial charge is 0.404 e. The molecule has 0 fully saturated rings. The molecule has 0 aliphatic heterocycles. The Morgan fingerprint density at radius 3 is 2.70 bits per heavy atom. The number of rotatable bonds is 3. The molecule has 0 aliphatic rings. The van der Waals surface area contributed by atoms with Crippen molar-refractivity contribution in [3.63, 3.8) is 0 Å². The molecule has 2 N–H and O–H groups in total. The van der Waals surface area contributed by atoms with Crippen LogP contribution in [0.3, 0.4) is 0 Å². The second-order valence-corrected chi connectivity index (χ2v) is 1.91. The molecule has 10 heavy (non-hydrogen) atoms. The monoisotopic (exact) mass is 140 g/mol. The summed E-state index contributed by atoms with van der Waals surface area (Å²) < 4.78 is 0. The van der Waals surface area contributed by atoms with Gasteiger partial charge in [-0.15, -0.1) is 0 Å². The van der Waals surface area contributed by atoms with Gasteiger partial charge in [0.2, 0.25) is 0 Å². The van der Waals surface area contributed by atoms with E-state index in [4.69, 9.17) is 5.73 Å². The van der Waals surface area contributed by atoms with E-state index < -0.39 is 0 Å². The highest BCUT2D eigenvalue weighted by atomic mass is 16.1. The minimum atomic E-state index is -0.315. The van der Waals surface area contributed by atoms with Gasteiger partial charge in [-0.1, -0.05) is 13.3 Å². The summed E-state index contributed by atoms with van der Waals surface area (Å²) in [4.78, 5) is 14.0. The van der Waals surface area contributed by atoms with Gasteiger partial charge in [0.05, 0.1) is 0 Å². The maximum Gasteiger partial charge on any atom is 0.273 e. The summed E-state index contributed by atoms with van der Waals surface area (Å²) in [5.41, 5.74) is 5.70. The molecule has 0 atom stereocenters. The zero-order chi connectivity index (χ0) is 7.98. The highest BCUT2D eigenvalue weighted by molar-refractivity contribution is 5.96. The van der Waals surface area contributed by atoms with Crippen LogP contribution >= 0.6 is 0 Å². The van der Waals surface area contributed by atoms with Gasteiger partial charge in [0, 0.05) is 11.8 Å². The van der Waals surface area contributed by atoms with Gasteiger partial charge in [-0.25, -0.2) is 4.99 Å². The zero-order valence-electron chi connectivity index (χ0n) is 6.13. The summed E-state index contributed by atoms with van der Waals surface area (Å²) >= 11 is 0. The molecule has 3 heteroatoms. The summed E-state index contributed by atoms with van der Waals surface area (Å²) in [6, 6.07) is 0. The van der Waals surface area contributed by atoms with E-state index in [9.17, 15) is 4.79 Å². The van der Waals surface area contributed by atoms with Gasteiger partial charge in [-0.05, 0) is 13.1 Å². The zero-order valence-corrected chi connectivity index (χ0v) is 6.13. The molecular weight excluding hydrogens is 128 g/mol. The molecule has 1 amide bonds. The molecule has 0 radical (unpaired) electrons. The molecule has 0 aliphatic carbocycles. The molecule has 0 saturated heterocycles. The van der Waals surface area contributed by atoms with Crippen molar-refractivity contribution in [2.45, 2.75) is 19.8 Å². The lowest BCUT2D eigenvalue weighted by Crippen LogP contribution is -2.00. The molecule has 0 aromatic carbocycles. The molecule has 56 valence electrons. The van der Waals surface area contributed by atoms with E-state index in [1.54, 1.807) is 0 Å². The summed E-state index contributed by atoms with van der Waals surface area (Å²) in [6.45, 7) is 5.09. The van der Waals surface area contributed by atoms with Crippen molar-refractivity contribution in [1.82, 2.24) is 0 Å². The van der Waals surface area contributed by atoms with E-state index in [1.807, 2.05) is 6.92 Å². The Morgan fingerprint density at radius 1 is 1.80 bits per heavy atom. The van der Waals surface area contributed by atoms with E-state index in [1.165, 1.54) is 6.20 Å². The first kappa shape index (κ1) is 8.88. The van der Waals surface area contributed by atoms with Crippen LogP contribution in [-0.4, -0.2) is 12.6 Å². The second kappa shape index (κ2) is 4.73. The fourth-order valence-electron chi connectivity index (χ4n) is 0.632. The Bertz CT molecular complexity index is 161. The van der Waals surface area contributed by atoms with Gasteiger partial charge in [-0.3, -0.25) is 4.79 Å². The fraction of sp³-hybridized carbons (Fsp3) is 0.429. The highest BCUT2D eigenvalue weighted by Gasteiger charge is 2.03. The van der Waals surface area contributed by atoms with Crippen molar-refractivity contribution >= 4 is 12.6 Å².